The van der Waals surface area contributed by atoms with E-state index in [-0.39, 0.29) is 40.9 Å². The predicted molar refractivity (Wildman–Crippen MR) is 118 cm³/mol. The second kappa shape index (κ2) is 9.41. The number of aryl methyl sites for hydroxylation is 1. The molecule has 9 heteroatoms. The summed E-state index contributed by atoms with van der Waals surface area (Å²) in [6, 6.07) is 4.82. The van der Waals surface area contributed by atoms with Crippen LogP contribution in [0.5, 0.6) is 23.3 Å². The molecule has 2 atom stereocenters. The number of aromatic nitrogens is 2. The van der Waals surface area contributed by atoms with Crippen LogP contribution in [0.25, 0.3) is 0 Å². The molecule has 1 aromatic carbocycles. The number of piperidine rings is 1. The summed E-state index contributed by atoms with van der Waals surface area (Å²) >= 11 is 0. The van der Waals surface area contributed by atoms with Crippen LogP contribution in [-0.4, -0.2) is 53.9 Å². The van der Waals surface area contributed by atoms with Crippen molar-refractivity contribution >= 4 is 6.09 Å². The van der Waals surface area contributed by atoms with E-state index < -0.39 is 5.82 Å². The van der Waals surface area contributed by atoms with Crippen molar-refractivity contribution in [3.05, 3.63) is 35.9 Å². The Bertz CT molecular complexity index is 1020. The van der Waals surface area contributed by atoms with Crippen molar-refractivity contribution < 1.29 is 28.1 Å². The van der Waals surface area contributed by atoms with Gasteiger partial charge in [0.15, 0.2) is 11.6 Å². The molecule has 2 aromatic rings. The monoisotopic (exact) mass is 459 g/mol. The summed E-state index contributed by atoms with van der Waals surface area (Å²) in [5.41, 5.74) is 0.883. The standard InChI is InChI=1S/C24H30FN3O5/c1-5-16-6-7-19(18(25)10-16)33-22-20(30-4)21(26-14-27-22)31-13-24-8-9-28(12-17(24)11-24)23(29)32-15(2)3/h6-7,10,14-15,17H,5,8-9,11-13H2,1-4H3. The fourth-order valence-corrected chi connectivity index (χ4v) is 4.26. The van der Waals surface area contributed by atoms with E-state index in [2.05, 4.69) is 9.97 Å². The van der Waals surface area contributed by atoms with Gasteiger partial charge in [0.25, 0.3) is 11.8 Å². The van der Waals surface area contributed by atoms with Crippen LogP contribution in [0.2, 0.25) is 0 Å². The molecule has 2 fully saturated rings. The molecule has 2 heterocycles. The number of amides is 1. The quantitative estimate of drug-likeness (QED) is 0.570. The molecule has 1 amide bonds. The average molecular weight is 460 g/mol. The van der Waals surface area contributed by atoms with E-state index in [1.54, 1.807) is 17.0 Å². The van der Waals surface area contributed by atoms with Crippen molar-refractivity contribution in [1.29, 1.82) is 0 Å². The lowest BCUT2D eigenvalue weighted by Gasteiger charge is -2.31. The van der Waals surface area contributed by atoms with Crippen molar-refractivity contribution in [2.75, 3.05) is 26.8 Å². The Hall–Kier alpha value is -3.10. The van der Waals surface area contributed by atoms with Crippen molar-refractivity contribution in [3.63, 3.8) is 0 Å². The second-order valence-corrected chi connectivity index (χ2v) is 8.92. The predicted octanol–water partition coefficient (Wildman–Crippen LogP) is 4.61. The van der Waals surface area contributed by atoms with E-state index in [4.69, 9.17) is 18.9 Å². The minimum atomic E-state index is -0.472. The Balaban J connectivity index is 1.40. The molecule has 0 spiro atoms. The molecule has 1 aromatic heterocycles. The fraction of sp³-hybridized carbons (Fsp3) is 0.542. The van der Waals surface area contributed by atoms with Gasteiger partial charge in [-0.2, -0.15) is 9.97 Å². The van der Waals surface area contributed by atoms with Crippen LogP contribution in [0.15, 0.2) is 24.5 Å². The molecule has 0 bridgehead atoms. The van der Waals surface area contributed by atoms with Gasteiger partial charge in [-0.05, 0) is 56.7 Å². The first-order valence-corrected chi connectivity index (χ1v) is 11.3. The Morgan fingerprint density at radius 1 is 1.30 bits per heavy atom. The topological polar surface area (TPSA) is 83.0 Å². The molecule has 2 unspecified atom stereocenters. The zero-order valence-corrected chi connectivity index (χ0v) is 19.5. The van der Waals surface area contributed by atoms with Gasteiger partial charge in [-0.15, -0.1) is 0 Å². The van der Waals surface area contributed by atoms with Crippen LogP contribution in [0, 0.1) is 17.2 Å². The lowest BCUT2D eigenvalue weighted by molar-refractivity contribution is 0.0585. The molecule has 0 N–H and O–H groups in total. The third-order valence-corrected chi connectivity index (χ3v) is 6.32. The van der Waals surface area contributed by atoms with Gasteiger partial charge in [-0.3, -0.25) is 0 Å². The highest BCUT2D eigenvalue weighted by atomic mass is 19.1. The second-order valence-electron chi connectivity index (χ2n) is 8.92. The van der Waals surface area contributed by atoms with Gasteiger partial charge in [0.2, 0.25) is 5.75 Å². The fourth-order valence-electron chi connectivity index (χ4n) is 4.26. The van der Waals surface area contributed by atoms with E-state index in [0.717, 1.165) is 24.8 Å². The lowest BCUT2D eigenvalue weighted by atomic mass is 9.96. The summed E-state index contributed by atoms with van der Waals surface area (Å²) in [6.45, 7) is 7.39. The van der Waals surface area contributed by atoms with Gasteiger partial charge >= 0.3 is 6.09 Å². The molecule has 178 valence electrons. The van der Waals surface area contributed by atoms with Gasteiger partial charge in [0.1, 0.15) is 6.33 Å². The summed E-state index contributed by atoms with van der Waals surface area (Å²) in [4.78, 5) is 22.3. The van der Waals surface area contributed by atoms with Gasteiger partial charge in [0.05, 0.1) is 19.8 Å². The first kappa shape index (κ1) is 23.1. The third-order valence-electron chi connectivity index (χ3n) is 6.32. The van der Waals surface area contributed by atoms with Crippen molar-refractivity contribution in [1.82, 2.24) is 14.9 Å². The van der Waals surface area contributed by atoms with Gasteiger partial charge in [0, 0.05) is 18.5 Å². The molecule has 1 saturated carbocycles. The zero-order chi connectivity index (χ0) is 23.6. The molecule has 1 aliphatic carbocycles. The first-order chi connectivity index (χ1) is 15.8. The number of halogens is 1. The summed E-state index contributed by atoms with van der Waals surface area (Å²) in [5.74, 6) is 0.483. The third kappa shape index (κ3) is 4.96. The number of rotatable bonds is 8. The Kier molecular flexibility index (Phi) is 6.58. The molecular weight excluding hydrogens is 429 g/mol. The summed E-state index contributed by atoms with van der Waals surface area (Å²) in [5, 5.41) is 0. The maximum atomic E-state index is 14.4. The number of hydrogen-bond donors (Lipinski definition) is 0. The van der Waals surface area contributed by atoms with Crippen molar-refractivity contribution in [3.8, 4) is 23.3 Å². The molecule has 4 rings (SSSR count). The van der Waals surface area contributed by atoms with Gasteiger partial charge in [-0.25, -0.2) is 9.18 Å². The van der Waals surface area contributed by atoms with Crippen LogP contribution in [0.3, 0.4) is 0 Å². The molecular formula is C24H30FN3O5. The molecule has 2 aliphatic rings. The molecule has 1 saturated heterocycles. The number of benzene rings is 1. The maximum absolute atomic E-state index is 14.4. The van der Waals surface area contributed by atoms with Crippen molar-refractivity contribution in [2.45, 2.75) is 46.1 Å². The van der Waals surface area contributed by atoms with Crippen LogP contribution in [0.1, 0.15) is 39.2 Å². The van der Waals surface area contributed by atoms with E-state index in [1.807, 2.05) is 20.8 Å². The van der Waals surface area contributed by atoms with Crippen LogP contribution < -0.4 is 14.2 Å². The maximum Gasteiger partial charge on any atom is 0.410 e. The Morgan fingerprint density at radius 3 is 2.76 bits per heavy atom. The van der Waals surface area contributed by atoms with E-state index in [0.29, 0.717) is 25.6 Å². The van der Waals surface area contributed by atoms with Gasteiger partial charge < -0.3 is 23.8 Å². The Labute approximate surface area is 193 Å². The average Bonchev–Trinajstić information content (AvgIpc) is 3.52. The molecule has 1 aliphatic heterocycles. The number of carbonyl (C=O) groups excluding carboxylic acids is 1. The van der Waals surface area contributed by atoms with Crippen LogP contribution in [0.4, 0.5) is 9.18 Å². The summed E-state index contributed by atoms with van der Waals surface area (Å²) < 4.78 is 36.9. The highest BCUT2D eigenvalue weighted by Crippen LogP contribution is 2.58. The number of carbonyl (C=O) groups is 1. The number of likely N-dealkylation sites (tertiary alicyclic amines) is 1. The van der Waals surface area contributed by atoms with Crippen LogP contribution >= 0.6 is 0 Å². The minimum absolute atomic E-state index is 0.00762. The summed E-state index contributed by atoms with van der Waals surface area (Å²) in [7, 11) is 1.46. The van der Waals surface area contributed by atoms with E-state index in [1.165, 1.54) is 19.5 Å². The largest absolute Gasteiger partial charge is 0.487 e. The van der Waals surface area contributed by atoms with E-state index >= 15 is 0 Å². The number of methoxy groups -OCH3 is 1. The SMILES string of the molecule is CCc1ccc(Oc2ncnc(OCC34CCN(C(=O)OC(C)C)CC3C4)c2OC)c(F)c1. The number of nitrogens with zero attached hydrogens (tertiary/aromatic N) is 3. The summed E-state index contributed by atoms with van der Waals surface area (Å²) in [6.07, 6.45) is 3.45. The molecule has 0 radical (unpaired) electrons. The molecule has 33 heavy (non-hydrogen) atoms. The minimum Gasteiger partial charge on any atom is -0.487 e. The highest BCUT2D eigenvalue weighted by molar-refractivity contribution is 5.68. The number of hydrogen-bond acceptors (Lipinski definition) is 7. The lowest BCUT2D eigenvalue weighted by Crippen LogP contribution is -2.41. The Morgan fingerprint density at radius 2 is 2.09 bits per heavy atom. The van der Waals surface area contributed by atoms with Crippen LogP contribution in [-0.2, 0) is 11.2 Å². The highest BCUT2D eigenvalue weighted by Gasteiger charge is 2.58. The normalized spacial score (nSPS) is 21.4. The van der Waals surface area contributed by atoms with Crippen molar-refractivity contribution in [2.24, 2.45) is 11.3 Å². The first-order valence-electron chi connectivity index (χ1n) is 11.3. The van der Waals surface area contributed by atoms with E-state index in [9.17, 15) is 9.18 Å². The smallest absolute Gasteiger partial charge is 0.410 e. The van der Waals surface area contributed by atoms with Gasteiger partial charge in [-0.1, -0.05) is 13.0 Å². The number of ether oxygens (including phenoxy) is 4. The molecule has 8 nitrogen and oxygen atoms in total. The zero-order valence-electron chi connectivity index (χ0n) is 19.5. The number of fused-ring (bicyclic) bond motifs is 1.